The molecule has 0 aliphatic carbocycles. The van der Waals surface area contributed by atoms with Crippen LogP contribution in [0.25, 0.3) is 0 Å². The van der Waals surface area contributed by atoms with Crippen LogP contribution in [0.3, 0.4) is 0 Å². The Morgan fingerprint density at radius 1 is 1.10 bits per heavy atom. The molecule has 2 aromatic carbocycles. The molecule has 3 rings (SSSR count). The quantitative estimate of drug-likeness (QED) is 0.914. The first-order valence-corrected chi connectivity index (χ1v) is 8.54. The van der Waals surface area contributed by atoms with E-state index in [1.165, 1.54) is 0 Å². The van der Waals surface area contributed by atoms with Gasteiger partial charge in [-0.25, -0.2) is 8.42 Å². The molecule has 1 aliphatic heterocycles. The lowest BCUT2D eigenvalue weighted by Gasteiger charge is -2.27. The highest BCUT2D eigenvalue weighted by Crippen LogP contribution is 2.34. The van der Waals surface area contributed by atoms with Crippen LogP contribution < -0.4 is 5.32 Å². The van der Waals surface area contributed by atoms with Crippen LogP contribution in [-0.4, -0.2) is 19.3 Å². The molecule has 4 nitrogen and oxygen atoms in total. The molecule has 0 fully saturated rings. The largest absolute Gasteiger partial charge is 0.392 e. The molecule has 1 heterocycles. The van der Waals surface area contributed by atoms with E-state index in [1.807, 2.05) is 36.4 Å². The molecule has 0 saturated carbocycles. The topological polar surface area (TPSA) is 66.4 Å². The van der Waals surface area contributed by atoms with Gasteiger partial charge in [0.05, 0.1) is 23.3 Å². The van der Waals surface area contributed by atoms with Crippen LogP contribution in [0.5, 0.6) is 0 Å². The number of hydrogen-bond donors (Lipinski definition) is 2. The maximum absolute atomic E-state index is 12.1. The second-order valence-corrected chi connectivity index (χ2v) is 7.24. The van der Waals surface area contributed by atoms with Crippen molar-refractivity contribution >= 4 is 15.5 Å². The van der Waals surface area contributed by atoms with E-state index >= 15 is 0 Å². The van der Waals surface area contributed by atoms with Crippen molar-refractivity contribution in [1.82, 2.24) is 0 Å². The van der Waals surface area contributed by atoms with Gasteiger partial charge in [-0.3, -0.25) is 0 Å². The van der Waals surface area contributed by atoms with Crippen LogP contribution in [0.15, 0.2) is 53.4 Å². The number of aliphatic hydroxyl groups excluding tert-OH is 1. The number of para-hydroxylation sites is 1. The molecule has 1 atom stereocenters. The number of fused-ring (bicyclic) bond motifs is 1. The summed E-state index contributed by atoms with van der Waals surface area (Å²) in [7, 11) is -3.17. The number of anilines is 1. The van der Waals surface area contributed by atoms with E-state index in [0.717, 1.165) is 16.8 Å². The molecule has 0 saturated heterocycles. The van der Waals surface area contributed by atoms with Gasteiger partial charge in [-0.2, -0.15) is 0 Å². The summed E-state index contributed by atoms with van der Waals surface area (Å²) in [5.41, 5.74) is 2.46. The van der Waals surface area contributed by atoms with Crippen molar-refractivity contribution in [2.24, 2.45) is 0 Å². The van der Waals surface area contributed by atoms with Crippen molar-refractivity contribution in [3.05, 3.63) is 59.7 Å². The zero-order chi connectivity index (χ0) is 14.9. The van der Waals surface area contributed by atoms with Gasteiger partial charge in [0.2, 0.25) is 0 Å². The molecule has 0 amide bonds. The summed E-state index contributed by atoms with van der Waals surface area (Å²) < 4.78 is 24.3. The van der Waals surface area contributed by atoms with E-state index in [0.29, 0.717) is 11.3 Å². The van der Waals surface area contributed by atoms with Gasteiger partial charge in [-0.1, -0.05) is 36.4 Å². The predicted octanol–water partition coefficient (Wildman–Crippen LogP) is 2.51. The Kier molecular flexibility index (Phi) is 3.69. The number of rotatable bonds is 3. The van der Waals surface area contributed by atoms with Crippen molar-refractivity contribution in [2.45, 2.75) is 24.0 Å². The van der Waals surface area contributed by atoms with E-state index in [1.54, 1.807) is 12.1 Å². The molecule has 0 radical (unpaired) electrons. The van der Waals surface area contributed by atoms with Crippen molar-refractivity contribution < 1.29 is 13.5 Å². The molecule has 1 aliphatic rings. The van der Waals surface area contributed by atoms with Crippen LogP contribution in [0.2, 0.25) is 0 Å². The number of nitrogens with one attached hydrogen (secondary N) is 1. The molecule has 0 bridgehead atoms. The van der Waals surface area contributed by atoms with Gasteiger partial charge in [0, 0.05) is 11.3 Å². The van der Waals surface area contributed by atoms with Gasteiger partial charge < -0.3 is 10.4 Å². The Morgan fingerprint density at radius 3 is 2.62 bits per heavy atom. The fourth-order valence-corrected chi connectivity index (χ4v) is 4.35. The van der Waals surface area contributed by atoms with Crippen LogP contribution in [0, 0.1) is 0 Å². The first-order valence-electron chi connectivity index (χ1n) is 6.89. The van der Waals surface area contributed by atoms with E-state index < -0.39 is 9.84 Å². The molecular weight excluding hydrogens is 286 g/mol. The van der Waals surface area contributed by atoms with Gasteiger partial charge in [0.15, 0.2) is 9.84 Å². The highest BCUT2D eigenvalue weighted by atomic mass is 32.2. The third-order valence-electron chi connectivity index (χ3n) is 3.82. The monoisotopic (exact) mass is 303 g/mol. The normalized spacial score (nSPS) is 19.8. The van der Waals surface area contributed by atoms with Crippen molar-refractivity contribution in [1.29, 1.82) is 0 Å². The molecule has 1 unspecified atom stereocenters. The van der Waals surface area contributed by atoms with E-state index in [9.17, 15) is 13.5 Å². The smallest absolute Gasteiger partial charge is 0.178 e. The maximum Gasteiger partial charge on any atom is 0.178 e. The minimum Gasteiger partial charge on any atom is -0.392 e. The summed E-state index contributed by atoms with van der Waals surface area (Å²) in [4.78, 5) is 0.412. The van der Waals surface area contributed by atoms with Crippen molar-refractivity contribution in [2.75, 3.05) is 11.1 Å². The van der Waals surface area contributed by atoms with Gasteiger partial charge in [0.1, 0.15) is 0 Å². The standard InChI is InChI=1S/C16H17NO3S/c18-11-12-5-1-3-7-14(12)17-15-9-10-21(19,20)16-8-4-2-6-13(15)16/h1-8,15,17-18H,9-11H2. The summed E-state index contributed by atoms with van der Waals surface area (Å²) in [6.45, 7) is -0.0458. The Morgan fingerprint density at radius 2 is 1.81 bits per heavy atom. The van der Waals surface area contributed by atoms with Gasteiger partial charge in [-0.15, -0.1) is 0 Å². The Labute approximate surface area is 124 Å². The zero-order valence-electron chi connectivity index (χ0n) is 11.5. The second-order valence-electron chi connectivity index (χ2n) is 5.16. The van der Waals surface area contributed by atoms with Crippen LogP contribution in [-0.2, 0) is 16.4 Å². The number of benzene rings is 2. The van der Waals surface area contributed by atoms with Gasteiger partial charge >= 0.3 is 0 Å². The minimum absolute atomic E-state index is 0.0458. The first-order chi connectivity index (χ1) is 10.1. The summed E-state index contributed by atoms with van der Waals surface area (Å²) in [5.74, 6) is 0.142. The average molecular weight is 303 g/mol. The number of aliphatic hydroxyl groups is 1. The second kappa shape index (κ2) is 5.50. The van der Waals surface area contributed by atoms with Gasteiger partial charge in [0.25, 0.3) is 0 Å². The van der Waals surface area contributed by atoms with Crippen LogP contribution >= 0.6 is 0 Å². The summed E-state index contributed by atoms with van der Waals surface area (Å²) in [6.07, 6.45) is 0.527. The first kappa shape index (κ1) is 14.1. The molecule has 0 aromatic heterocycles. The molecular formula is C16H17NO3S. The lowest BCUT2D eigenvalue weighted by atomic mass is 10.0. The summed E-state index contributed by atoms with van der Waals surface area (Å²) in [5, 5.41) is 12.8. The lowest BCUT2D eigenvalue weighted by molar-refractivity contribution is 0.282. The Balaban J connectivity index is 1.98. The molecule has 2 aromatic rings. The number of hydrogen-bond acceptors (Lipinski definition) is 4. The lowest BCUT2D eigenvalue weighted by Crippen LogP contribution is -2.24. The molecule has 5 heteroatoms. The van der Waals surface area contributed by atoms with Gasteiger partial charge in [-0.05, 0) is 24.1 Å². The van der Waals surface area contributed by atoms with Crippen molar-refractivity contribution in [3.8, 4) is 0 Å². The Bertz CT molecular complexity index is 756. The van der Waals surface area contributed by atoms with E-state index in [-0.39, 0.29) is 18.4 Å². The molecule has 0 spiro atoms. The average Bonchev–Trinajstić information content (AvgIpc) is 2.51. The van der Waals surface area contributed by atoms with Crippen LogP contribution in [0.1, 0.15) is 23.6 Å². The van der Waals surface area contributed by atoms with E-state index in [2.05, 4.69) is 5.32 Å². The highest BCUT2D eigenvalue weighted by Gasteiger charge is 2.29. The fraction of sp³-hybridized carbons (Fsp3) is 0.250. The summed E-state index contributed by atoms with van der Waals surface area (Å²) in [6, 6.07) is 14.6. The fourth-order valence-electron chi connectivity index (χ4n) is 2.73. The molecule has 21 heavy (non-hydrogen) atoms. The zero-order valence-corrected chi connectivity index (χ0v) is 12.3. The maximum atomic E-state index is 12.1. The third-order valence-corrected chi connectivity index (χ3v) is 5.64. The molecule has 110 valence electrons. The Hall–Kier alpha value is -1.85. The SMILES string of the molecule is O=S1(=O)CCC(Nc2ccccc2CO)c2ccccc21. The van der Waals surface area contributed by atoms with Crippen molar-refractivity contribution in [3.63, 3.8) is 0 Å². The number of sulfone groups is 1. The molecule has 2 N–H and O–H groups in total. The highest BCUT2D eigenvalue weighted by molar-refractivity contribution is 7.91. The van der Waals surface area contributed by atoms with Crippen LogP contribution in [0.4, 0.5) is 5.69 Å². The third kappa shape index (κ3) is 2.66. The predicted molar refractivity (Wildman–Crippen MR) is 81.8 cm³/mol. The van der Waals surface area contributed by atoms with E-state index in [4.69, 9.17) is 0 Å². The summed E-state index contributed by atoms with van der Waals surface area (Å²) >= 11 is 0. The minimum atomic E-state index is -3.17.